The molecule has 2 heterocycles. The van der Waals surface area contributed by atoms with Crippen LogP contribution in [0, 0.1) is 18.6 Å². The van der Waals surface area contributed by atoms with Crippen molar-refractivity contribution in [2.45, 2.75) is 6.92 Å². The molecule has 1 nitrogen and oxygen atoms in total. The van der Waals surface area contributed by atoms with E-state index in [-0.39, 0.29) is 5.39 Å². The average molecular weight is 174 g/mol. The smallest absolute Gasteiger partial charge is 0.193 e. The Morgan fingerprint density at radius 3 is 2.82 bits per heavy atom. The fourth-order valence-electron chi connectivity index (χ4n) is 0.950. The molecule has 0 aromatic carbocycles. The Hall–Kier alpha value is -0.900. The minimum absolute atomic E-state index is 0.0208. The summed E-state index contributed by atoms with van der Waals surface area (Å²) >= 11 is 1.12. The number of hydrogen-bond acceptors (Lipinski definition) is 2. The third kappa shape index (κ3) is 0.790. The lowest BCUT2D eigenvalue weighted by Gasteiger charge is -1.80. The van der Waals surface area contributed by atoms with Gasteiger partial charge < -0.3 is 4.42 Å². The molecule has 0 unspecified atom stereocenters. The van der Waals surface area contributed by atoms with Gasteiger partial charge in [0.05, 0.1) is 0 Å². The van der Waals surface area contributed by atoms with E-state index in [9.17, 15) is 8.78 Å². The number of fused-ring (bicyclic) bond motifs is 1. The average Bonchev–Trinajstić information content (AvgIpc) is 2.41. The first-order valence-corrected chi connectivity index (χ1v) is 3.83. The first-order valence-electron chi connectivity index (χ1n) is 3.01. The molecule has 0 N–H and O–H groups in total. The van der Waals surface area contributed by atoms with Crippen LogP contribution in [0.1, 0.15) is 4.88 Å². The lowest BCUT2D eigenvalue weighted by Crippen LogP contribution is -1.72. The highest BCUT2D eigenvalue weighted by atomic mass is 32.1. The van der Waals surface area contributed by atoms with Crippen molar-refractivity contribution in [3.63, 3.8) is 0 Å². The maximum Gasteiger partial charge on any atom is 0.193 e. The Morgan fingerprint density at radius 1 is 1.45 bits per heavy atom. The first kappa shape index (κ1) is 6.79. The van der Waals surface area contributed by atoms with Gasteiger partial charge in [0.1, 0.15) is 11.6 Å². The van der Waals surface area contributed by atoms with E-state index < -0.39 is 11.6 Å². The Kier molecular flexibility index (Phi) is 1.26. The fourth-order valence-corrected chi connectivity index (χ4v) is 1.81. The van der Waals surface area contributed by atoms with E-state index in [1.807, 2.05) is 0 Å². The van der Waals surface area contributed by atoms with E-state index >= 15 is 0 Å². The van der Waals surface area contributed by atoms with E-state index in [1.54, 1.807) is 6.92 Å². The monoisotopic (exact) mass is 174 g/mol. The van der Waals surface area contributed by atoms with Crippen LogP contribution in [0.4, 0.5) is 8.78 Å². The van der Waals surface area contributed by atoms with Gasteiger partial charge in [0.25, 0.3) is 0 Å². The summed E-state index contributed by atoms with van der Waals surface area (Å²) < 4.78 is 30.4. The zero-order chi connectivity index (χ0) is 8.01. The number of halogens is 2. The minimum atomic E-state index is -0.623. The van der Waals surface area contributed by atoms with Crippen molar-refractivity contribution >= 4 is 21.6 Å². The molecule has 0 saturated carbocycles. The fraction of sp³-hybridized carbons (Fsp3) is 0.143. The number of thiophene rings is 1. The zero-order valence-electron chi connectivity index (χ0n) is 5.65. The highest BCUT2D eigenvalue weighted by Gasteiger charge is 2.15. The topological polar surface area (TPSA) is 13.1 Å². The van der Waals surface area contributed by atoms with E-state index in [0.29, 0.717) is 9.77 Å². The van der Waals surface area contributed by atoms with Gasteiger partial charge in [-0.1, -0.05) is 0 Å². The second-order valence-electron chi connectivity index (χ2n) is 2.22. The summed E-state index contributed by atoms with van der Waals surface area (Å²) in [6.45, 7) is 1.59. The Labute approximate surface area is 65.2 Å². The van der Waals surface area contributed by atoms with Gasteiger partial charge in [-0.2, -0.15) is 0 Å². The first-order chi connectivity index (χ1) is 5.20. The van der Waals surface area contributed by atoms with Gasteiger partial charge in [0.15, 0.2) is 16.5 Å². The van der Waals surface area contributed by atoms with Gasteiger partial charge >= 0.3 is 0 Å². The van der Waals surface area contributed by atoms with Gasteiger partial charge in [-0.3, -0.25) is 0 Å². The highest BCUT2D eigenvalue weighted by molar-refractivity contribution is 7.18. The molecule has 2 aromatic rings. The molecule has 2 rings (SSSR count). The SMILES string of the molecule is Cc1sc2occ(F)c2c1F. The summed E-state index contributed by atoms with van der Waals surface area (Å²) in [6.07, 6.45) is 0.920. The summed E-state index contributed by atoms with van der Waals surface area (Å²) in [7, 11) is 0. The number of hydrogen-bond donors (Lipinski definition) is 0. The Bertz CT molecular complexity index is 402. The van der Waals surface area contributed by atoms with Crippen molar-refractivity contribution < 1.29 is 13.2 Å². The van der Waals surface area contributed by atoms with Crippen molar-refractivity contribution in [3.8, 4) is 0 Å². The van der Waals surface area contributed by atoms with Crippen molar-refractivity contribution in [3.05, 3.63) is 22.8 Å². The summed E-state index contributed by atoms with van der Waals surface area (Å²) in [5, 5.41) is -0.0208. The normalized spacial score (nSPS) is 11.2. The number of aryl methyl sites for hydroxylation is 1. The van der Waals surface area contributed by atoms with Crippen LogP contribution in [0.2, 0.25) is 0 Å². The third-order valence-corrected chi connectivity index (χ3v) is 2.46. The standard InChI is InChI=1S/C7H4F2OS/c1-3-6(9)5-4(8)2-10-7(5)11-3/h2H,1H3. The minimum Gasteiger partial charge on any atom is -0.450 e. The second-order valence-corrected chi connectivity index (χ2v) is 3.41. The predicted octanol–water partition coefficient (Wildman–Crippen LogP) is 3.08. The van der Waals surface area contributed by atoms with Crippen molar-refractivity contribution in [2.75, 3.05) is 0 Å². The summed E-state index contributed by atoms with van der Waals surface area (Å²) in [5.41, 5.74) is 0. The summed E-state index contributed by atoms with van der Waals surface area (Å²) in [6, 6.07) is 0. The molecule has 58 valence electrons. The molecule has 0 atom stereocenters. The molecule has 0 aliphatic heterocycles. The molecule has 2 aromatic heterocycles. The van der Waals surface area contributed by atoms with E-state index in [4.69, 9.17) is 4.42 Å². The van der Waals surface area contributed by atoms with E-state index in [0.717, 1.165) is 17.6 Å². The Balaban J connectivity index is 2.95. The number of rotatable bonds is 0. The van der Waals surface area contributed by atoms with Crippen molar-refractivity contribution in [1.29, 1.82) is 0 Å². The predicted molar refractivity (Wildman–Crippen MR) is 38.7 cm³/mol. The van der Waals surface area contributed by atoms with Crippen LogP contribution < -0.4 is 0 Å². The van der Waals surface area contributed by atoms with Crippen LogP contribution in [-0.2, 0) is 0 Å². The Morgan fingerprint density at radius 2 is 2.18 bits per heavy atom. The molecule has 0 amide bonds. The molecule has 0 aliphatic rings. The highest BCUT2D eigenvalue weighted by Crippen LogP contribution is 2.32. The second kappa shape index (κ2) is 2.04. The molecule has 0 saturated heterocycles. The molecule has 0 radical (unpaired) electrons. The molecular weight excluding hydrogens is 170 g/mol. The van der Waals surface area contributed by atoms with Gasteiger partial charge in [0.2, 0.25) is 0 Å². The molecule has 0 fully saturated rings. The molecule has 4 heteroatoms. The van der Waals surface area contributed by atoms with Crippen LogP contribution in [0.25, 0.3) is 10.3 Å². The van der Waals surface area contributed by atoms with Crippen LogP contribution in [0.15, 0.2) is 10.7 Å². The summed E-state index contributed by atoms with van der Waals surface area (Å²) in [5.74, 6) is -1.13. The lowest BCUT2D eigenvalue weighted by molar-refractivity contribution is 0.558. The van der Waals surface area contributed by atoms with Crippen LogP contribution >= 0.6 is 11.3 Å². The van der Waals surface area contributed by atoms with E-state index in [2.05, 4.69) is 0 Å². The van der Waals surface area contributed by atoms with Crippen LogP contribution in [0.3, 0.4) is 0 Å². The van der Waals surface area contributed by atoms with Crippen LogP contribution in [-0.4, -0.2) is 0 Å². The van der Waals surface area contributed by atoms with Gasteiger partial charge in [-0.15, -0.1) is 11.3 Å². The molecule has 0 aliphatic carbocycles. The zero-order valence-corrected chi connectivity index (χ0v) is 6.47. The maximum atomic E-state index is 13.0. The number of furan rings is 1. The van der Waals surface area contributed by atoms with E-state index in [1.165, 1.54) is 0 Å². The maximum absolute atomic E-state index is 13.0. The van der Waals surface area contributed by atoms with Gasteiger partial charge in [-0.05, 0) is 6.92 Å². The third-order valence-electron chi connectivity index (χ3n) is 1.49. The molecule has 0 spiro atoms. The van der Waals surface area contributed by atoms with Crippen molar-refractivity contribution in [1.82, 2.24) is 0 Å². The largest absolute Gasteiger partial charge is 0.450 e. The molecular formula is C7H4F2OS. The van der Waals surface area contributed by atoms with Gasteiger partial charge in [-0.25, -0.2) is 8.78 Å². The van der Waals surface area contributed by atoms with Crippen molar-refractivity contribution in [2.24, 2.45) is 0 Å². The molecule has 11 heavy (non-hydrogen) atoms. The molecule has 0 bridgehead atoms. The summed E-state index contributed by atoms with van der Waals surface area (Å²) in [4.78, 5) is 0.774. The van der Waals surface area contributed by atoms with Gasteiger partial charge in [0, 0.05) is 4.88 Å². The lowest BCUT2D eigenvalue weighted by atomic mass is 10.3. The quantitative estimate of drug-likeness (QED) is 0.598. The van der Waals surface area contributed by atoms with Crippen LogP contribution in [0.5, 0.6) is 0 Å².